The van der Waals surface area contributed by atoms with Crippen molar-refractivity contribution in [2.75, 3.05) is 7.05 Å². The predicted molar refractivity (Wildman–Crippen MR) is 75.6 cm³/mol. The highest BCUT2D eigenvalue weighted by atomic mass is 32.2. The lowest BCUT2D eigenvalue weighted by atomic mass is 10.1. The van der Waals surface area contributed by atoms with E-state index >= 15 is 0 Å². The molecular formula is C14H23NOS. The number of aryl methyl sites for hydroxylation is 1. The molecule has 0 aliphatic heterocycles. The molecule has 1 N–H and O–H groups in total. The molecule has 3 atom stereocenters. The Hall–Kier alpha value is -0.670. The quantitative estimate of drug-likeness (QED) is 0.844. The molecular weight excluding hydrogens is 230 g/mol. The molecule has 1 aromatic rings. The molecule has 1 rings (SSSR count). The van der Waals surface area contributed by atoms with Gasteiger partial charge in [0.15, 0.2) is 0 Å². The number of hydrogen-bond donors (Lipinski definition) is 1. The molecule has 0 fully saturated rings. The molecule has 0 saturated carbocycles. The normalized spacial score (nSPS) is 16.5. The summed E-state index contributed by atoms with van der Waals surface area (Å²) in [5, 5.41) is 3.42. The second-order valence-electron chi connectivity index (χ2n) is 4.69. The van der Waals surface area contributed by atoms with Crippen molar-refractivity contribution in [3.05, 3.63) is 35.4 Å². The van der Waals surface area contributed by atoms with Crippen molar-refractivity contribution in [3.8, 4) is 0 Å². The largest absolute Gasteiger partial charge is 0.317 e. The fourth-order valence-corrected chi connectivity index (χ4v) is 3.21. The summed E-state index contributed by atoms with van der Waals surface area (Å²) in [5.41, 5.74) is 2.43. The van der Waals surface area contributed by atoms with E-state index < -0.39 is 10.8 Å². The maximum Gasteiger partial charge on any atom is 0.0490 e. The Morgan fingerprint density at radius 1 is 1.29 bits per heavy atom. The molecule has 0 radical (unpaired) electrons. The van der Waals surface area contributed by atoms with E-state index in [4.69, 9.17) is 0 Å². The van der Waals surface area contributed by atoms with E-state index in [1.165, 1.54) is 11.1 Å². The minimum Gasteiger partial charge on any atom is -0.317 e. The smallest absolute Gasteiger partial charge is 0.0490 e. The summed E-state index contributed by atoms with van der Waals surface area (Å²) >= 11 is 0. The van der Waals surface area contributed by atoms with E-state index in [9.17, 15) is 4.21 Å². The summed E-state index contributed by atoms with van der Waals surface area (Å²) in [6, 6.07) is 8.61. The zero-order valence-electron chi connectivity index (χ0n) is 11.2. The Labute approximate surface area is 107 Å². The van der Waals surface area contributed by atoms with Gasteiger partial charge in [0.1, 0.15) is 0 Å². The van der Waals surface area contributed by atoms with E-state index in [1.807, 2.05) is 19.2 Å². The topological polar surface area (TPSA) is 29.1 Å². The molecule has 96 valence electrons. The first kappa shape index (κ1) is 14.4. The van der Waals surface area contributed by atoms with E-state index in [1.54, 1.807) is 0 Å². The zero-order chi connectivity index (χ0) is 12.8. The zero-order valence-corrected chi connectivity index (χ0v) is 12.0. The van der Waals surface area contributed by atoms with Crippen LogP contribution in [0.1, 0.15) is 31.4 Å². The van der Waals surface area contributed by atoms with Gasteiger partial charge in [0.25, 0.3) is 0 Å². The van der Waals surface area contributed by atoms with Crippen molar-refractivity contribution in [3.63, 3.8) is 0 Å². The van der Waals surface area contributed by atoms with Crippen LogP contribution in [0.5, 0.6) is 0 Å². The molecule has 0 heterocycles. The number of benzene rings is 1. The lowest BCUT2D eigenvalue weighted by molar-refractivity contribution is 0.554. The van der Waals surface area contributed by atoms with Crippen LogP contribution in [0.3, 0.4) is 0 Å². The second kappa shape index (κ2) is 6.92. The van der Waals surface area contributed by atoms with Crippen molar-refractivity contribution >= 4 is 10.8 Å². The molecule has 3 unspecified atom stereocenters. The lowest BCUT2D eigenvalue weighted by Crippen LogP contribution is -2.27. The fourth-order valence-electron chi connectivity index (χ4n) is 1.79. The lowest BCUT2D eigenvalue weighted by Gasteiger charge is -2.17. The van der Waals surface area contributed by atoms with Crippen LogP contribution in [0.4, 0.5) is 0 Å². The summed E-state index contributed by atoms with van der Waals surface area (Å²) in [7, 11) is 1.16. The highest BCUT2D eigenvalue weighted by Gasteiger charge is 2.15. The molecule has 0 bridgehead atoms. The minimum atomic E-state index is -0.788. The molecule has 1 aromatic carbocycles. The first-order chi connectivity index (χ1) is 8.04. The number of nitrogens with one attached hydrogen (secondary N) is 1. The first-order valence-electron chi connectivity index (χ1n) is 6.13. The Bertz CT molecular complexity index is 378. The number of rotatable bonds is 6. The molecule has 0 amide bonds. The van der Waals surface area contributed by atoms with Crippen LogP contribution < -0.4 is 5.32 Å². The Morgan fingerprint density at radius 3 is 2.53 bits per heavy atom. The van der Waals surface area contributed by atoms with Gasteiger partial charge in [0.2, 0.25) is 0 Å². The second-order valence-corrected chi connectivity index (χ2v) is 6.54. The van der Waals surface area contributed by atoms with Crippen LogP contribution in [0.15, 0.2) is 24.3 Å². The third-order valence-corrected chi connectivity index (χ3v) is 4.87. The Kier molecular flexibility index (Phi) is 5.86. The van der Waals surface area contributed by atoms with Gasteiger partial charge in [0, 0.05) is 27.8 Å². The molecule has 0 saturated heterocycles. The van der Waals surface area contributed by atoms with Gasteiger partial charge in [-0.3, -0.25) is 4.21 Å². The van der Waals surface area contributed by atoms with Gasteiger partial charge >= 0.3 is 0 Å². The maximum absolute atomic E-state index is 12.2. The summed E-state index contributed by atoms with van der Waals surface area (Å²) in [6.45, 7) is 6.27. The van der Waals surface area contributed by atoms with Gasteiger partial charge in [-0.05, 0) is 38.4 Å². The van der Waals surface area contributed by atoms with Gasteiger partial charge < -0.3 is 5.32 Å². The first-order valence-corrected chi connectivity index (χ1v) is 7.51. The van der Waals surface area contributed by atoms with Crippen LogP contribution in [0.2, 0.25) is 0 Å². The van der Waals surface area contributed by atoms with Crippen molar-refractivity contribution in [2.24, 2.45) is 0 Å². The highest BCUT2D eigenvalue weighted by Crippen LogP contribution is 2.14. The summed E-state index contributed by atoms with van der Waals surface area (Å²) in [5.74, 6) is 0.671. The third-order valence-electron chi connectivity index (χ3n) is 3.19. The highest BCUT2D eigenvalue weighted by molar-refractivity contribution is 7.84. The number of hydrogen-bond acceptors (Lipinski definition) is 2. The molecule has 3 heteroatoms. The van der Waals surface area contributed by atoms with Crippen molar-refractivity contribution in [1.82, 2.24) is 5.32 Å². The van der Waals surface area contributed by atoms with Gasteiger partial charge in [-0.1, -0.05) is 31.2 Å². The SMILES string of the molecule is CNC(C)CC(C)S(=O)Cc1ccccc1C. The fraction of sp³-hybridized carbons (Fsp3) is 0.571. The molecule has 2 nitrogen and oxygen atoms in total. The average molecular weight is 253 g/mol. The van der Waals surface area contributed by atoms with Crippen molar-refractivity contribution in [2.45, 2.75) is 44.2 Å². The van der Waals surface area contributed by atoms with Crippen molar-refractivity contribution in [1.29, 1.82) is 0 Å². The van der Waals surface area contributed by atoms with Crippen molar-refractivity contribution < 1.29 is 4.21 Å². The van der Waals surface area contributed by atoms with Gasteiger partial charge in [0.05, 0.1) is 0 Å². The predicted octanol–water partition coefficient (Wildman–Crippen LogP) is 2.63. The third kappa shape index (κ3) is 4.60. The van der Waals surface area contributed by atoms with E-state index in [2.05, 4.69) is 38.2 Å². The molecule has 0 aliphatic carbocycles. The minimum absolute atomic E-state index is 0.233. The summed E-state index contributed by atoms with van der Waals surface area (Å²) in [4.78, 5) is 0. The summed E-state index contributed by atoms with van der Waals surface area (Å²) < 4.78 is 12.2. The standard InChI is InChI=1S/C14H23NOS/c1-11-7-5-6-8-14(11)10-17(16)13(3)9-12(2)15-4/h5-8,12-13,15H,9-10H2,1-4H3. The van der Waals surface area contributed by atoms with E-state index in [0.717, 1.165) is 6.42 Å². The molecule has 17 heavy (non-hydrogen) atoms. The molecule has 0 aromatic heterocycles. The van der Waals surface area contributed by atoms with Gasteiger partial charge in [-0.15, -0.1) is 0 Å². The van der Waals surface area contributed by atoms with Crippen LogP contribution in [-0.4, -0.2) is 22.5 Å². The summed E-state index contributed by atoms with van der Waals surface area (Å²) in [6.07, 6.45) is 0.953. The van der Waals surface area contributed by atoms with Gasteiger partial charge in [-0.25, -0.2) is 0 Å². The van der Waals surface area contributed by atoms with Crippen LogP contribution in [-0.2, 0) is 16.6 Å². The molecule has 0 aliphatic rings. The van der Waals surface area contributed by atoms with E-state index in [0.29, 0.717) is 11.8 Å². The Morgan fingerprint density at radius 2 is 1.94 bits per heavy atom. The van der Waals surface area contributed by atoms with Crippen LogP contribution in [0, 0.1) is 6.92 Å². The van der Waals surface area contributed by atoms with E-state index in [-0.39, 0.29) is 5.25 Å². The Balaban J connectivity index is 2.57. The average Bonchev–Trinajstić information content (AvgIpc) is 2.31. The van der Waals surface area contributed by atoms with Crippen LogP contribution >= 0.6 is 0 Å². The maximum atomic E-state index is 12.2. The molecule has 0 spiro atoms. The van der Waals surface area contributed by atoms with Crippen LogP contribution in [0.25, 0.3) is 0 Å². The van der Waals surface area contributed by atoms with Gasteiger partial charge in [-0.2, -0.15) is 0 Å². The monoisotopic (exact) mass is 253 g/mol.